The van der Waals surface area contributed by atoms with Crippen LogP contribution >= 0.6 is 23.4 Å². The van der Waals surface area contributed by atoms with Gasteiger partial charge in [0.25, 0.3) is 0 Å². The standard InChI is InChI=1S/C14H21ClN2S/c1-14(2)10-17(7-8-18-14)13-6-4-5-12(15)11(13)9-16-3/h4-6,16H,7-10H2,1-3H3. The third kappa shape index (κ3) is 3.14. The van der Waals surface area contributed by atoms with Crippen molar-refractivity contribution < 1.29 is 0 Å². The van der Waals surface area contributed by atoms with Crippen LogP contribution < -0.4 is 10.2 Å². The van der Waals surface area contributed by atoms with Crippen LogP contribution in [0, 0.1) is 0 Å². The number of rotatable bonds is 3. The maximum Gasteiger partial charge on any atom is 0.0471 e. The van der Waals surface area contributed by atoms with Crippen LogP contribution in [0.15, 0.2) is 18.2 Å². The van der Waals surface area contributed by atoms with Gasteiger partial charge in [-0.2, -0.15) is 11.8 Å². The van der Waals surface area contributed by atoms with Gasteiger partial charge in [-0.3, -0.25) is 0 Å². The van der Waals surface area contributed by atoms with Crippen molar-refractivity contribution in [3.63, 3.8) is 0 Å². The first kappa shape index (κ1) is 14.0. The molecule has 0 spiro atoms. The summed E-state index contributed by atoms with van der Waals surface area (Å²) in [6, 6.07) is 6.21. The quantitative estimate of drug-likeness (QED) is 0.916. The van der Waals surface area contributed by atoms with E-state index in [0.717, 1.165) is 24.7 Å². The first-order chi connectivity index (χ1) is 8.53. The number of nitrogens with zero attached hydrogens (tertiary/aromatic N) is 1. The molecule has 0 atom stereocenters. The monoisotopic (exact) mass is 284 g/mol. The molecular weight excluding hydrogens is 264 g/mol. The number of thioether (sulfide) groups is 1. The lowest BCUT2D eigenvalue weighted by molar-refractivity contribution is 0.644. The van der Waals surface area contributed by atoms with Gasteiger partial charge in [-0.15, -0.1) is 0 Å². The van der Waals surface area contributed by atoms with Crippen molar-refractivity contribution in [1.29, 1.82) is 0 Å². The molecule has 0 amide bonds. The Hall–Kier alpha value is -0.380. The van der Waals surface area contributed by atoms with Crippen LogP contribution in [0.2, 0.25) is 5.02 Å². The summed E-state index contributed by atoms with van der Waals surface area (Å²) in [5.41, 5.74) is 2.49. The molecule has 1 aromatic carbocycles. The Labute approximate surface area is 119 Å². The van der Waals surface area contributed by atoms with Crippen LogP contribution in [0.1, 0.15) is 19.4 Å². The highest BCUT2D eigenvalue weighted by Gasteiger charge is 2.28. The predicted octanol–water partition coefficient (Wildman–Crippen LogP) is 3.39. The molecule has 2 nitrogen and oxygen atoms in total. The lowest BCUT2D eigenvalue weighted by Gasteiger charge is -2.40. The Morgan fingerprint density at radius 3 is 2.89 bits per heavy atom. The molecule has 0 aromatic heterocycles. The fourth-order valence-corrected chi connectivity index (χ4v) is 3.77. The van der Waals surface area contributed by atoms with Crippen molar-refractivity contribution in [1.82, 2.24) is 5.32 Å². The van der Waals surface area contributed by atoms with E-state index in [-0.39, 0.29) is 0 Å². The Balaban J connectivity index is 2.29. The van der Waals surface area contributed by atoms with E-state index in [4.69, 9.17) is 11.6 Å². The van der Waals surface area contributed by atoms with E-state index in [9.17, 15) is 0 Å². The van der Waals surface area contributed by atoms with Crippen molar-refractivity contribution >= 4 is 29.1 Å². The summed E-state index contributed by atoms with van der Waals surface area (Å²) in [4.78, 5) is 2.47. The molecule has 1 fully saturated rings. The maximum absolute atomic E-state index is 6.33. The Bertz CT molecular complexity index is 420. The van der Waals surface area contributed by atoms with Gasteiger partial charge in [-0.25, -0.2) is 0 Å². The summed E-state index contributed by atoms with van der Waals surface area (Å²) in [6.07, 6.45) is 0. The molecule has 4 heteroatoms. The summed E-state index contributed by atoms with van der Waals surface area (Å²) in [5, 5.41) is 4.07. The molecule has 2 rings (SSSR count). The van der Waals surface area contributed by atoms with E-state index in [1.165, 1.54) is 17.0 Å². The Morgan fingerprint density at radius 2 is 2.22 bits per heavy atom. The summed E-state index contributed by atoms with van der Waals surface area (Å²) < 4.78 is 0.317. The third-order valence-corrected chi connectivity index (χ3v) is 4.87. The van der Waals surface area contributed by atoms with Crippen molar-refractivity contribution in [2.24, 2.45) is 0 Å². The molecule has 0 radical (unpaired) electrons. The van der Waals surface area contributed by atoms with Gasteiger partial charge in [0.2, 0.25) is 0 Å². The number of anilines is 1. The Morgan fingerprint density at radius 1 is 1.44 bits per heavy atom. The van der Waals surface area contributed by atoms with Crippen molar-refractivity contribution in [2.45, 2.75) is 25.1 Å². The van der Waals surface area contributed by atoms with Gasteiger partial charge >= 0.3 is 0 Å². The fraction of sp³-hybridized carbons (Fsp3) is 0.571. The summed E-state index contributed by atoms with van der Waals surface area (Å²) in [5.74, 6) is 1.18. The zero-order valence-corrected chi connectivity index (χ0v) is 12.9. The number of nitrogens with one attached hydrogen (secondary N) is 1. The number of hydrogen-bond acceptors (Lipinski definition) is 3. The topological polar surface area (TPSA) is 15.3 Å². The van der Waals surface area contributed by atoms with Gasteiger partial charge < -0.3 is 10.2 Å². The Kier molecular flexibility index (Phi) is 4.46. The molecule has 1 N–H and O–H groups in total. The molecule has 0 bridgehead atoms. The van der Waals surface area contributed by atoms with Gasteiger partial charge in [-0.1, -0.05) is 17.7 Å². The lowest BCUT2D eigenvalue weighted by atomic mass is 10.1. The van der Waals surface area contributed by atoms with Gasteiger partial charge in [-0.05, 0) is 33.0 Å². The molecule has 0 unspecified atom stereocenters. The normalized spacial score (nSPS) is 19.0. The highest BCUT2D eigenvalue weighted by Crippen LogP contribution is 2.35. The van der Waals surface area contributed by atoms with Crippen molar-refractivity contribution in [3.8, 4) is 0 Å². The van der Waals surface area contributed by atoms with E-state index < -0.39 is 0 Å². The van der Waals surface area contributed by atoms with Crippen LogP contribution in [0.25, 0.3) is 0 Å². The van der Waals surface area contributed by atoms with E-state index in [1.807, 2.05) is 19.2 Å². The second kappa shape index (κ2) is 5.72. The lowest BCUT2D eigenvalue weighted by Crippen LogP contribution is -2.43. The smallest absolute Gasteiger partial charge is 0.0471 e. The third-order valence-electron chi connectivity index (χ3n) is 3.21. The summed E-state index contributed by atoms with van der Waals surface area (Å²) in [7, 11) is 1.96. The highest BCUT2D eigenvalue weighted by molar-refractivity contribution is 8.00. The van der Waals surface area contributed by atoms with Crippen molar-refractivity contribution in [3.05, 3.63) is 28.8 Å². The molecule has 1 saturated heterocycles. The average molecular weight is 285 g/mol. The SMILES string of the molecule is CNCc1c(Cl)cccc1N1CCSC(C)(C)C1. The second-order valence-electron chi connectivity index (χ2n) is 5.30. The molecule has 100 valence electrons. The molecule has 18 heavy (non-hydrogen) atoms. The van der Waals surface area contributed by atoms with Gasteiger partial charge in [0, 0.05) is 46.4 Å². The zero-order valence-electron chi connectivity index (χ0n) is 11.3. The van der Waals surface area contributed by atoms with Gasteiger partial charge in [0.1, 0.15) is 0 Å². The van der Waals surface area contributed by atoms with E-state index >= 15 is 0 Å². The predicted molar refractivity (Wildman–Crippen MR) is 83.0 cm³/mol. The number of benzene rings is 1. The molecule has 1 aliphatic rings. The highest BCUT2D eigenvalue weighted by atomic mass is 35.5. The summed E-state index contributed by atoms with van der Waals surface area (Å²) >= 11 is 8.38. The largest absolute Gasteiger partial charge is 0.369 e. The summed E-state index contributed by atoms with van der Waals surface area (Å²) in [6.45, 7) is 7.62. The van der Waals surface area contributed by atoms with E-state index in [2.05, 4.69) is 41.9 Å². The molecule has 1 aromatic rings. The first-order valence-corrected chi connectivity index (χ1v) is 7.71. The average Bonchev–Trinajstić information content (AvgIpc) is 2.30. The fourth-order valence-electron chi connectivity index (χ4n) is 2.42. The van der Waals surface area contributed by atoms with Crippen LogP contribution in [-0.2, 0) is 6.54 Å². The van der Waals surface area contributed by atoms with Crippen molar-refractivity contribution in [2.75, 3.05) is 30.8 Å². The minimum atomic E-state index is 0.317. The van der Waals surface area contributed by atoms with Crippen LogP contribution in [0.4, 0.5) is 5.69 Å². The van der Waals surface area contributed by atoms with E-state index in [0.29, 0.717) is 4.75 Å². The minimum Gasteiger partial charge on any atom is -0.369 e. The minimum absolute atomic E-state index is 0.317. The second-order valence-corrected chi connectivity index (χ2v) is 7.51. The van der Waals surface area contributed by atoms with Crippen LogP contribution in [0.5, 0.6) is 0 Å². The van der Waals surface area contributed by atoms with Gasteiger partial charge in [0.05, 0.1) is 0 Å². The maximum atomic E-state index is 6.33. The molecule has 0 saturated carbocycles. The van der Waals surface area contributed by atoms with E-state index in [1.54, 1.807) is 0 Å². The molecule has 0 aliphatic carbocycles. The van der Waals surface area contributed by atoms with Crippen LogP contribution in [0.3, 0.4) is 0 Å². The van der Waals surface area contributed by atoms with Gasteiger partial charge in [0.15, 0.2) is 0 Å². The number of hydrogen-bond donors (Lipinski definition) is 1. The first-order valence-electron chi connectivity index (χ1n) is 6.34. The number of halogens is 1. The molecule has 1 heterocycles. The molecule has 1 aliphatic heterocycles. The zero-order chi connectivity index (χ0) is 13.2. The van der Waals surface area contributed by atoms with Crippen LogP contribution in [-0.4, -0.2) is 30.6 Å². The molecular formula is C14H21ClN2S.